The third kappa shape index (κ3) is 3.08. The molecule has 0 amide bonds. The summed E-state index contributed by atoms with van der Waals surface area (Å²) in [5, 5.41) is 11.1. The maximum Gasteiger partial charge on any atom is 0.0854 e. The fourth-order valence-electron chi connectivity index (χ4n) is 1.30. The van der Waals surface area contributed by atoms with Gasteiger partial charge in [-0.05, 0) is 23.8 Å². The fourth-order valence-corrected chi connectivity index (χ4v) is 1.84. The fraction of sp³-hybridized carbons (Fsp3) is 0.455. The summed E-state index contributed by atoms with van der Waals surface area (Å²) in [6.45, 7) is 4.18. The second-order valence-electron chi connectivity index (χ2n) is 4.30. The van der Waals surface area contributed by atoms with Crippen LogP contribution in [0.1, 0.15) is 25.5 Å². The predicted molar refractivity (Wildman–Crippen MR) is 64.3 cm³/mol. The van der Waals surface area contributed by atoms with Crippen LogP contribution in [0.15, 0.2) is 18.2 Å². The normalized spacial score (nSPS) is 14.0. The van der Waals surface area contributed by atoms with Crippen LogP contribution >= 0.6 is 23.2 Å². The lowest BCUT2D eigenvalue weighted by atomic mass is 9.83. The molecule has 0 saturated heterocycles. The number of hydrogen-bond donors (Lipinski definition) is 2. The van der Waals surface area contributed by atoms with Gasteiger partial charge < -0.3 is 10.8 Å². The van der Waals surface area contributed by atoms with Gasteiger partial charge in [0, 0.05) is 22.0 Å². The summed E-state index contributed by atoms with van der Waals surface area (Å²) in [4.78, 5) is 0. The number of aliphatic hydroxyl groups excluding tert-OH is 1. The van der Waals surface area contributed by atoms with Crippen molar-refractivity contribution in [3.05, 3.63) is 33.8 Å². The summed E-state index contributed by atoms with van der Waals surface area (Å²) < 4.78 is 0. The van der Waals surface area contributed by atoms with E-state index in [0.717, 1.165) is 0 Å². The molecule has 0 fully saturated rings. The highest BCUT2D eigenvalue weighted by Crippen LogP contribution is 2.34. The molecule has 84 valence electrons. The predicted octanol–water partition coefficient (Wildman–Crippen LogP) is 3.01. The Morgan fingerprint density at radius 2 is 1.73 bits per heavy atom. The van der Waals surface area contributed by atoms with Gasteiger partial charge in [0.25, 0.3) is 0 Å². The Bertz CT molecular complexity index is 332. The highest BCUT2D eigenvalue weighted by molar-refractivity contribution is 6.34. The van der Waals surface area contributed by atoms with Gasteiger partial charge >= 0.3 is 0 Å². The van der Waals surface area contributed by atoms with Gasteiger partial charge in [-0.3, -0.25) is 0 Å². The second kappa shape index (κ2) is 4.71. The van der Waals surface area contributed by atoms with Crippen LogP contribution in [0.5, 0.6) is 0 Å². The Balaban J connectivity index is 3.06. The van der Waals surface area contributed by atoms with Gasteiger partial charge in [0.1, 0.15) is 0 Å². The van der Waals surface area contributed by atoms with Crippen LogP contribution in [0, 0.1) is 5.41 Å². The van der Waals surface area contributed by atoms with Crippen molar-refractivity contribution in [1.29, 1.82) is 0 Å². The molecular weight excluding hydrogens is 233 g/mol. The van der Waals surface area contributed by atoms with Crippen LogP contribution < -0.4 is 5.73 Å². The van der Waals surface area contributed by atoms with E-state index in [2.05, 4.69) is 0 Å². The number of halogens is 2. The summed E-state index contributed by atoms with van der Waals surface area (Å²) in [7, 11) is 0. The summed E-state index contributed by atoms with van der Waals surface area (Å²) in [6, 6.07) is 5.04. The molecular formula is C11H15Cl2NO. The Labute approximate surface area is 100.0 Å². The molecule has 0 radical (unpaired) electrons. The lowest BCUT2D eigenvalue weighted by molar-refractivity contribution is 0.0555. The van der Waals surface area contributed by atoms with Crippen molar-refractivity contribution in [2.24, 2.45) is 11.1 Å². The van der Waals surface area contributed by atoms with E-state index in [0.29, 0.717) is 22.2 Å². The van der Waals surface area contributed by atoms with E-state index in [1.165, 1.54) is 0 Å². The van der Waals surface area contributed by atoms with E-state index in [-0.39, 0.29) is 0 Å². The Kier molecular flexibility index (Phi) is 4.01. The molecule has 1 rings (SSSR count). The molecule has 0 heterocycles. The van der Waals surface area contributed by atoms with Gasteiger partial charge in [0.15, 0.2) is 0 Å². The first-order chi connectivity index (χ1) is 6.86. The number of hydrogen-bond acceptors (Lipinski definition) is 2. The van der Waals surface area contributed by atoms with E-state index in [4.69, 9.17) is 28.9 Å². The molecule has 15 heavy (non-hydrogen) atoms. The molecule has 1 aromatic rings. The standard InChI is InChI=1S/C11H15Cl2NO/c1-11(2,6-14)10(15)7-3-8(12)5-9(13)4-7/h3-5,10,15H,6,14H2,1-2H3. The molecule has 0 bridgehead atoms. The van der Waals surface area contributed by atoms with Crippen molar-refractivity contribution in [3.8, 4) is 0 Å². The number of aliphatic hydroxyl groups is 1. The van der Waals surface area contributed by atoms with Gasteiger partial charge in [-0.25, -0.2) is 0 Å². The molecule has 0 aromatic heterocycles. The zero-order chi connectivity index (χ0) is 11.6. The molecule has 1 unspecified atom stereocenters. The third-order valence-electron chi connectivity index (χ3n) is 2.47. The van der Waals surface area contributed by atoms with Gasteiger partial charge in [-0.15, -0.1) is 0 Å². The Hall–Kier alpha value is -0.280. The van der Waals surface area contributed by atoms with Gasteiger partial charge in [-0.1, -0.05) is 37.0 Å². The third-order valence-corrected chi connectivity index (χ3v) is 2.90. The smallest absolute Gasteiger partial charge is 0.0854 e. The summed E-state index contributed by atoms with van der Waals surface area (Å²) >= 11 is 11.7. The van der Waals surface area contributed by atoms with Crippen LogP contribution in [0.25, 0.3) is 0 Å². The van der Waals surface area contributed by atoms with Crippen molar-refractivity contribution in [2.45, 2.75) is 20.0 Å². The molecule has 0 saturated carbocycles. The minimum Gasteiger partial charge on any atom is -0.388 e. The van der Waals surface area contributed by atoms with Gasteiger partial charge in [0.2, 0.25) is 0 Å². The first-order valence-electron chi connectivity index (χ1n) is 4.71. The quantitative estimate of drug-likeness (QED) is 0.863. The van der Waals surface area contributed by atoms with E-state index in [1.54, 1.807) is 18.2 Å². The lowest BCUT2D eigenvalue weighted by Crippen LogP contribution is -2.30. The van der Waals surface area contributed by atoms with Crippen LogP contribution in [-0.4, -0.2) is 11.7 Å². The van der Waals surface area contributed by atoms with Gasteiger partial charge in [-0.2, -0.15) is 0 Å². The molecule has 1 atom stereocenters. The van der Waals surface area contributed by atoms with Crippen molar-refractivity contribution in [3.63, 3.8) is 0 Å². The van der Waals surface area contributed by atoms with Gasteiger partial charge in [0.05, 0.1) is 6.10 Å². The second-order valence-corrected chi connectivity index (χ2v) is 5.17. The molecule has 0 aliphatic rings. The maximum absolute atomic E-state index is 10.1. The molecule has 2 nitrogen and oxygen atoms in total. The van der Waals surface area contributed by atoms with Crippen molar-refractivity contribution < 1.29 is 5.11 Å². The molecule has 0 aliphatic heterocycles. The topological polar surface area (TPSA) is 46.2 Å². The van der Waals surface area contributed by atoms with Crippen LogP contribution in [0.4, 0.5) is 0 Å². The van der Waals surface area contributed by atoms with Crippen molar-refractivity contribution in [1.82, 2.24) is 0 Å². The van der Waals surface area contributed by atoms with Crippen LogP contribution in [0.3, 0.4) is 0 Å². The molecule has 0 spiro atoms. The molecule has 0 aliphatic carbocycles. The van der Waals surface area contributed by atoms with Crippen LogP contribution in [-0.2, 0) is 0 Å². The Morgan fingerprint density at radius 1 is 1.27 bits per heavy atom. The minimum absolute atomic E-state index is 0.387. The Morgan fingerprint density at radius 3 is 2.13 bits per heavy atom. The zero-order valence-electron chi connectivity index (χ0n) is 8.80. The molecule has 1 aromatic carbocycles. The highest BCUT2D eigenvalue weighted by atomic mass is 35.5. The number of nitrogens with two attached hydrogens (primary N) is 1. The summed E-state index contributed by atoms with van der Waals surface area (Å²) in [5.74, 6) is 0. The van der Waals surface area contributed by atoms with E-state index < -0.39 is 11.5 Å². The summed E-state index contributed by atoms with van der Waals surface area (Å²) in [5.41, 5.74) is 5.90. The first kappa shape index (κ1) is 12.8. The average Bonchev–Trinajstić information content (AvgIpc) is 2.15. The van der Waals surface area contributed by atoms with E-state index >= 15 is 0 Å². The molecule has 3 N–H and O–H groups in total. The molecule has 4 heteroatoms. The van der Waals surface area contributed by atoms with E-state index in [9.17, 15) is 5.11 Å². The SMILES string of the molecule is CC(C)(CN)C(O)c1cc(Cl)cc(Cl)c1. The van der Waals surface area contributed by atoms with Crippen molar-refractivity contribution >= 4 is 23.2 Å². The summed E-state index contributed by atoms with van der Waals surface area (Å²) in [6.07, 6.45) is -0.668. The first-order valence-corrected chi connectivity index (χ1v) is 5.46. The van der Waals surface area contributed by atoms with Crippen molar-refractivity contribution in [2.75, 3.05) is 6.54 Å². The maximum atomic E-state index is 10.1. The minimum atomic E-state index is -0.668. The highest BCUT2D eigenvalue weighted by Gasteiger charge is 2.27. The number of benzene rings is 1. The van der Waals surface area contributed by atoms with Crippen LogP contribution in [0.2, 0.25) is 10.0 Å². The largest absolute Gasteiger partial charge is 0.388 e. The van der Waals surface area contributed by atoms with E-state index in [1.807, 2.05) is 13.8 Å². The monoisotopic (exact) mass is 247 g/mol. The number of rotatable bonds is 3. The average molecular weight is 248 g/mol. The zero-order valence-corrected chi connectivity index (χ0v) is 10.3. The lowest BCUT2D eigenvalue weighted by Gasteiger charge is -2.29.